The van der Waals surface area contributed by atoms with Crippen LogP contribution in [0.25, 0.3) is 5.52 Å². The fourth-order valence-corrected chi connectivity index (χ4v) is 1.65. The van der Waals surface area contributed by atoms with Gasteiger partial charge in [0.2, 0.25) is 0 Å². The summed E-state index contributed by atoms with van der Waals surface area (Å²) in [5.41, 5.74) is -0.376. The van der Waals surface area contributed by atoms with E-state index < -0.39 is 11.9 Å². The Hall–Kier alpha value is -1.04. The van der Waals surface area contributed by atoms with Crippen LogP contribution in [0.4, 0.5) is 13.2 Å². The second-order valence-corrected chi connectivity index (χ2v) is 3.64. The van der Waals surface area contributed by atoms with Gasteiger partial charge in [-0.1, -0.05) is 15.9 Å². The molecule has 2 heterocycles. The van der Waals surface area contributed by atoms with Crippen molar-refractivity contribution in [1.29, 1.82) is 0 Å². The Bertz CT molecular complexity index is 475. The smallest absolute Gasteiger partial charge is 0.229 e. The first kappa shape index (κ1) is 9.51. The number of hydrogen-bond acceptors (Lipinski definition) is 1. The molecule has 2 rings (SSSR count). The summed E-state index contributed by atoms with van der Waals surface area (Å²) in [6.07, 6.45) is -3.06. The summed E-state index contributed by atoms with van der Waals surface area (Å²) in [5, 5.41) is 3.60. The highest BCUT2D eigenvalue weighted by Crippen LogP contribution is 2.31. The molecule has 2 nitrogen and oxygen atoms in total. The summed E-state index contributed by atoms with van der Waals surface area (Å²) in [5.74, 6) is 0. The average Bonchev–Trinajstić information content (AvgIpc) is 2.47. The molecule has 2 aromatic rings. The zero-order valence-corrected chi connectivity index (χ0v) is 8.30. The molecule has 74 valence electrons. The number of hydrogen-bond donors (Lipinski definition) is 0. The van der Waals surface area contributed by atoms with Gasteiger partial charge in [-0.3, -0.25) is 0 Å². The maximum Gasteiger partial charge on any atom is 0.433 e. The van der Waals surface area contributed by atoms with Gasteiger partial charge in [0.05, 0.1) is 5.52 Å². The van der Waals surface area contributed by atoms with Crippen molar-refractivity contribution in [3.05, 3.63) is 34.6 Å². The number of aromatic nitrogens is 2. The molecular weight excluding hydrogens is 261 g/mol. The quantitative estimate of drug-likeness (QED) is 0.715. The van der Waals surface area contributed by atoms with Crippen LogP contribution in [-0.2, 0) is 6.18 Å². The van der Waals surface area contributed by atoms with Crippen molar-refractivity contribution < 1.29 is 13.2 Å². The summed E-state index contributed by atoms with van der Waals surface area (Å²) >= 11 is 3.02. The fourth-order valence-electron chi connectivity index (χ4n) is 1.20. The number of rotatable bonds is 0. The molecule has 6 heteroatoms. The van der Waals surface area contributed by atoms with Crippen LogP contribution in [0.15, 0.2) is 28.9 Å². The molecule has 2 aromatic heterocycles. The predicted molar refractivity (Wildman–Crippen MR) is 47.9 cm³/mol. The third-order valence-corrected chi connectivity index (χ3v) is 2.21. The van der Waals surface area contributed by atoms with Crippen LogP contribution >= 0.6 is 15.9 Å². The van der Waals surface area contributed by atoms with Gasteiger partial charge < -0.3 is 0 Å². The zero-order valence-electron chi connectivity index (χ0n) is 6.72. The monoisotopic (exact) mass is 264 g/mol. The minimum Gasteiger partial charge on any atom is -0.229 e. The number of alkyl halides is 3. The molecule has 0 atom stereocenters. The molecule has 0 aliphatic carbocycles. The Kier molecular flexibility index (Phi) is 2.02. The highest BCUT2D eigenvalue weighted by atomic mass is 79.9. The molecule has 0 saturated carbocycles. The number of nitrogens with zero attached hydrogens (tertiary/aromatic N) is 2. The molecule has 0 bridgehead atoms. The van der Waals surface area contributed by atoms with Crippen LogP contribution in [0.5, 0.6) is 0 Å². The molecule has 0 radical (unpaired) electrons. The fraction of sp³-hybridized carbons (Fsp3) is 0.125. The van der Waals surface area contributed by atoms with Gasteiger partial charge in [-0.15, -0.1) is 0 Å². The predicted octanol–water partition coefficient (Wildman–Crippen LogP) is 3.12. The molecule has 0 N–H and O–H groups in total. The summed E-state index contributed by atoms with van der Waals surface area (Å²) in [7, 11) is 0. The Morgan fingerprint density at radius 3 is 2.64 bits per heavy atom. The molecule has 0 unspecified atom stereocenters. The molecule has 0 fully saturated rings. The lowest BCUT2D eigenvalue weighted by Crippen LogP contribution is -2.12. The highest BCUT2D eigenvalue weighted by Gasteiger charge is 2.34. The van der Waals surface area contributed by atoms with Crippen molar-refractivity contribution in [2.24, 2.45) is 0 Å². The molecule has 0 aromatic carbocycles. The van der Waals surface area contributed by atoms with Crippen molar-refractivity contribution in [2.75, 3.05) is 0 Å². The van der Waals surface area contributed by atoms with E-state index >= 15 is 0 Å². The van der Waals surface area contributed by atoms with Crippen molar-refractivity contribution in [1.82, 2.24) is 9.61 Å². The highest BCUT2D eigenvalue weighted by molar-refractivity contribution is 9.10. The van der Waals surface area contributed by atoms with Gasteiger partial charge in [-0.2, -0.15) is 18.3 Å². The third-order valence-electron chi connectivity index (χ3n) is 1.75. The van der Waals surface area contributed by atoms with E-state index in [9.17, 15) is 13.2 Å². The standard InChI is InChI=1S/C8H4BrF3N2/c9-5-3-6-1-2-13-14(6)7(4-5)8(10,11)12/h1-4H. The Balaban J connectivity index is 2.80. The van der Waals surface area contributed by atoms with Gasteiger partial charge >= 0.3 is 6.18 Å². The van der Waals surface area contributed by atoms with E-state index in [0.29, 0.717) is 9.99 Å². The van der Waals surface area contributed by atoms with Crippen molar-refractivity contribution >= 4 is 21.4 Å². The molecule has 0 spiro atoms. The normalized spacial score (nSPS) is 12.3. The SMILES string of the molecule is FC(F)(F)c1cc(Br)cc2ccnn12. The maximum atomic E-state index is 12.5. The Morgan fingerprint density at radius 2 is 2.00 bits per heavy atom. The van der Waals surface area contributed by atoms with Crippen LogP contribution in [0.1, 0.15) is 5.69 Å². The van der Waals surface area contributed by atoms with Crippen LogP contribution in [0, 0.1) is 0 Å². The minimum atomic E-state index is -4.39. The zero-order chi connectivity index (χ0) is 10.3. The summed E-state index contributed by atoms with van der Waals surface area (Å²) in [4.78, 5) is 0. The van der Waals surface area contributed by atoms with Crippen LogP contribution in [-0.4, -0.2) is 9.61 Å². The van der Waals surface area contributed by atoms with Gasteiger partial charge in [-0.25, -0.2) is 4.52 Å². The first-order chi connectivity index (χ1) is 6.48. The first-order valence-corrected chi connectivity index (χ1v) is 4.48. The molecular formula is C8H4BrF3N2. The number of pyridine rings is 1. The molecule has 14 heavy (non-hydrogen) atoms. The van der Waals surface area contributed by atoms with Crippen LogP contribution in [0.3, 0.4) is 0 Å². The van der Waals surface area contributed by atoms with E-state index in [0.717, 1.165) is 10.6 Å². The molecule has 0 saturated heterocycles. The lowest BCUT2D eigenvalue weighted by Gasteiger charge is -2.09. The second kappa shape index (κ2) is 2.98. The summed E-state index contributed by atoms with van der Waals surface area (Å²) in [6, 6.07) is 4.09. The lowest BCUT2D eigenvalue weighted by atomic mass is 10.3. The molecule has 0 aliphatic rings. The van der Waals surface area contributed by atoms with Crippen molar-refractivity contribution in [3.63, 3.8) is 0 Å². The van der Waals surface area contributed by atoms with Crippen LogP contribution in [0.2, 0.25) is 0 Å². The number of fused-ring (bicyclic) bond motifs is 1. The van der Waals surface area contributed by atoms with E-state index in [1.54, 1.807) is 6.07 Å². The van der Waals surface area contributed by atoms with Gasteiger partial charge in [0.1, 0.15) is 5.69 Å². The van der Waals surface area contributed by atoms with E-state index in [1.165, 1.54) is 12.3 Å². The van der Waals surface area contributed by atoms with E-state index in [2.05, 4.69) is 21.0 Å². The average molecular weight is 265 g/mol. The van der Waals surface area contributed by atoms with Gasteiger partial charge in [0.25, 0.3) is 0 Å². The van der Waals surface area contributed by atoms with Crippen molar-refractivity contribution in [3.8, 4) is 0 Å². The number of halogens is 4. The summed E-state index contributed by atoms with van der Waals surface area (Å²) in [6.45, 7) is 0. The van der Waals surface area contributed by atoms with E-state index in [-0.39, 0.29) is 0 Å². The minimum absolute atomic E-state index is 0.387. The lowest BCUT2D eigenvalue weighted by molar-refractivity contribution is -0.142. The second-order valence-electron chi connectivity index (χ2n) is 2.72. The largest absolute Gasteiger partial charge is 0.433 e. The van der Waals surface area contributed by atoms with E-state index in [1.807, 2.05) is 0 Å². The van der Waals surface area contributed by atoms with Crippen molar-refractivity contribution in [2.45, 2.75) is 6.18 Å². The van der Waals surface area contributed by atoms with Crippen LogP contribution < -0.4 is 0 Å². The Morgan fingerprint density at radius 1 is 1.29 bits per heavy atom. The Labute approximate surface area is 85.5 Å². The third kappa shape index (κ3) is 1.50. The molecule has 0 aliphatic heterocycles. The van der Waals surface area contributed by atoms with E-state index in [4.69, 9.17) is 0 Å². The van der Waals surface area contributed by atoms with Gasteiger partial charge in [0, 0.05) is 10.7 Å². The van der Waals surface area contributed by atoms with Gasteiger partial charge in [0.15, 0.2) is 0 Å². The molecule has 0 amide bonds. The topological polar surface area (TPSA) is 17.3 Å². The first-order valence-electron chi connectivity index (χ1n) is 3.69. The summed E-state index contributed by atoms with van der Waals surface area (Å²) < 4.78 is 38.7. The van der Waals surface area contributed by atoms with Gasteiger partial charge in [-0.05, 0) is 18.2 Å². The maximum absolute atomic E-state index is 12.5.